The van der Waals surface area contributed by atoms with Gasteiger partial charge >= 0.3 is 6.01 Å². The molecule has 3 fully saturated rings. The molecule has 9 heteroatoms. The van der Waals surface area contributed by atoms with Gasteiger partial charge in [-0.2, -0.15) is 15.2 Å². The first kappa shape index (κ1) is 19.6. The fourth-order valence-corrected chi connectivity index (χ4v) is 5.04. The molecule has 1 aromatic rings. The molecule has 0 spiro atoms. The zero-order valence-corrected chi connectivity index (χ0v) is 16.8. The van der Waals surface area contributed by atoms with Gasteiger partial charge in [-0.25, -0.2) is 4.39 Å². The molecule has 0 unspecified atom stereocenters. The molecule has 0 amide bonds. The van der Waals surface area contributed by atoms with Gasteiger partial charge in [-0.3, -0.25) is 4.90 Å². The summed E-state index contributed by atoms with van der Waals surface area (Å²) >= 11 is 6.24. The van der Waals surface area contributed by atoms with E-state index in [1.807, 2.05) is 4.90 Å². The van der Waals surface area contributed by atoms with Gasteiger partial charge in [0.05, 0.1) is 11.1 Å². The SMILES string of the molecule is C[C@@]1(O)CCCN(c2nc(OC[C@@]34CCCN3C[C@H](F)C4)nc(Cl)c2C#N)C1. The number of hydrogen-bond acceptors (Lipinski definition) is 7. The summed E-state index contributed by atoms with van der Waals surface area (Å²) in [7, 11) is 0. The summed E-state index contributed by atoms with van der Waals surface area (Å²) < 4.78 is 19.8. The van der Waals surface area contributed by atoms with E-state index < -0.39 is 11.8 Å². The van der Waals surface area contributed by atoms with Crippen LogP contribution < -0.4 is 9.64 Å². The van der Waals surface area contributed by atoms with Crippen LogP contribution in [-0.2, 0) is 0 Å². The highest BCUT2D eigenvalue weighted by Crippen LogP contribution is 2.40. The van der Waals surface area contributed by atoms with Crippen LogP contribution in [0.1, 0.15) is 44.6 Å². The minimum atomic E-state index is -0.854. The predicted molar refractivity (Wildman–Crippen MR) is 102 cm³/mol. The van der Waals surface area contributed by atoms with Crippen molar-refractivity contribution in [1.29, 1.82) is 5.26 Å². The summed E-state index contributed by atoms with van der Waals surface area (Å²) in [5.74, 6) is 0.382. The van der Waals surface area contributed by atoms with Crippen molar-refractivity contribution < 1.29 is 14.2 Å². The first-order valence-electron chi connectivity index (χ1n) is 9.79. The summed E-state index contributed by atoms with van der Waals surface area (Å²) in [5.41, 5.74) is -0.984. The van der Waals surface area contributed by atoms with E-state index in [4.69, 9.17) is 16.3 Å². The van der Waals surface area contributed by atoms with E-state index in [0.29, 0.717) is 44.9 Å². The third-order valence-corrected chi connectivity index (χ3v) is 6.42. The second-order valence-corrected chi connectivity index (χ2v) is 8.85. The quantitative estimate of drug-likeness (QED) is 0.763. The number of ether oxygens (including phenoxy) is 1. The van der Waals surface area contributed by atoms with Crippen molar-refractivity contribution in [3.8, 4) is 12.1 Å². The Bertz CT molecular complexity index is 801. The molecule has 3 aliphatic rings. The summed E-state index contributed by atoms with van der Waals surface area (Å²) in [6, 6.07) is 2.15. The Hall–Kier alpha value is -1.69. The van der Waals surface area contributed by atoms with Gasteiger partial charge in [0.25, 0.3) is 0 Å². The van der Waals surface area contributed by atoms with Crippen molar-refractivity contribution in [3.05, 3.63) is 10.7 Å². The molecular formula is C19H25ClFN5O2. The van der Waals surface area contributed by atoms with Gasteiger partial charge in [0.2, 0.25) is 0 Å². The molecule has 0 radical (unpaired) electrons. The number of fused-ring (bicyclic) bond motifs is 1. The summed E-state index contributed by atoms with van der Waals surface area (Å²) in [6.45, 7) is 4.42. The van der Waals surface area contributed by atoms with E-state index >= 15 is 0 Å². The van der Waals surface area contributed by atoms with Crippen molar-refractivity contribution >= 4 is 17.4 Å². The van der Waals surface area contributed by atoms with E-state index in [9.17, 15) is 14.8 Å². The van der Waals surface area contributed by atoms with Crippen molar-refractivity contribution in [2.75, 3.05) is 37.7 Å². The van der Waals surface area contributed by atoms with Crippen LogP contribution >= 0.6 is 11.6 Å². The number of anilines is 1. The Morgan fingerprint density at radius 3 is 2.89 bits per heavy atom. The van der Waals surface area contributed by atoms with Crippen molar-refractivity contribution in [2.24, 2.45) is 0 Å². The number of aliphatic hydroxyl groups is 1. The second-order valence-electron chi connectivity index (χ2n) is 8.49. The third-order valence-electron chi connectivity index (χ3n) is 6.14. The van der Waals surface area contributed by atoms with Gasteiger partial charge in [-0.1, -0.05) is 11.6 Å². The highest BCUT2D eigenvalue weighted by atomic mass is 35.5. The number of halogens is 2. The molecule has 3 saturated heterocycles. The summed E-state index contributed by atoms with van der Waals surface area (Å²) in [5, 5.41) is 20.0. The summed E-state index contributed by atoms with van der Waals surface area (Å²) in [4.78, 5) is 12.6. The smallest absolute Gasteiger partial charge is 0.319 e. The molecule has 0 saturated carbocycles. The van der Waals surface area contributed by atoms with Crippen molar-refractivity contribution in [2.45, 2.75) is 56.3 Å². The largest absolute Gasteiger partial charge is 0.461 e. The number of piperidine rings is 1. The topological polar surface area (TPSA) is 85.5 Å². The maximum absolute atomic E-state index is 13.9. The fraction of sp³-hybridized carbons (Fsp3) is 0.737. The van der Waals surface area contributed by atoms with Crippen LogP contribution in [-0.4, -0.2) is 70.1 Å². The standard InChI is InChI=1S/C19H25ClFN5O2/c1-18(27)4-2-6-25(11-18)16-14(9-22)15(20)23-17(24-16)28-12-19-5-3-7-26(19)10-13(21)8-19/h13,27H,2-8,10-12H2,1H3/t13-,18-,19+/m1/s1. The molecular weight excluding hydrogens is 385 g/mol. The van der Waals surface area contributed by atoms with Gasteiger partial charge < -0.3 is 14.7 Å². The monoisotopic (exact) mass is 409 g/mol. The van der Waals surface area contributed by atoms with Gasteiger partial charge in [-0.15, -0.1) is 0 Å². The molecule has 3 atom stereocenters. The molecule has 1 N–H and O–H groups in total. The summed E-state index contributed by atoms with van der Waals surface area (Å²) in [6.07, 6.45) is 3.01. The first-order valence-corrected chi connectivity index (χ1v) is 10.2. The Morgan fingerprint density at radius 1 is 1.36 bits per heavy atom. The molecule has 0 aliphatic carbocycles. The van der Waals surface area contributed by atoms with Crippen LogP contribution in [0.3, 0.4) is 0 Å². The Kier molecular flexibility index (Phi) is 5.10. The van der Waals surface area contributed by atoms with E-state index in [0.717, 1.165) is 25.8 Å². The highest BCUT2D eigenvalue weighted by molar-refractivity contribution is 6.30. The van der Waals surface area contributed by atoms with Crippen molar-refractivity contribution in [1.82, 2.24) is 14.9 Å². The maximum atomic E-state index is 13.9. The van der Waals surface area contributed by atoms with Crippen LogP contribution in [0.15, 0.2) is 0 Å². The molecule has 7 nitrogen and oxygen atoms in total. The van der Waals surface area contributed by atoms with Gasteiger partial charge in [0.15, 0.2) is 11.0 Å². The first-order chi connectivity index (χ1) is 13.3. The second kappa shape index (κ2) is 7.29. The molecule has 28 heavy (non-hydrogen) atoms. The van der Waals surface area contributed by atoms with Crippen LogP contribution in [0.5, 0.6) is 6.01 Å². The Labute approximate surface area is 169 Å². The Morgan fingerprint density at radius 2 is 2.14 bits per heavy atom. The number of aromatic nitrogens is 2. The number of hydrogen-bond donors (Lipinski definition) is 1. The van der Waals surface area contributed by atoms with Crippen LogP contribution in [0, 0.1) is 11.3 Å². The molecule has 4 heterocycles. The predicted octanol–water partition coefficient (Wildman–Crippen LogP) is 2.31. The normalized spacial score (nSPS) is 33.0. The minimum absolute atomic E-state index is 0.0308. The average molecular weight is 410 g/mol. The lowest BCUT2D eigenvalue weighted by molar-refractivity contribution is 0.0446. The average Bonchev–Trinajstić information content (AvgIpc) is 3.14. The number of nitriles is 1. The minimum Gasteiger partial charge on any atom is -0.461 e. The van der Waals surface area contributed by atoms with Crippen LogP contribution in [0.4, 0.5) is 10.2 Å². The molecule has 4 rings (SSSR count). The number of β-amino-alcohol motifs (C(OH)–C–C–N with tert-alkyl or cyclic N) is 1. The molecule has 0 aromatic carbocycles. The number of nitrogens with zero attached hydrogens (tertiary/aromatic N) is 5. The zero-order chi connectivity index (χ0) is 19.9. The van der Waals surface area contributed by atoms with Crippen LogP contribution in [0.25, 0.3) is 0 Å². The van der Waals surface area contributed by atoms with Crippen LogP contribution in [0.2, 0.25) is 5.15 Å². The van der Waals surface area contributed by atoms with E-state index in [1.165, 1.54) is 0 Å². The van der Waals surface area contributed by atoms with E-state index in [-0.39, 0.29) is 22.3 Å². The third kappa shape index (κ3) is 3.63. The highest BCUT2D eigenvalue weighted by Gasteiger charge is 2.49. The Balaban J connectivity index is 1.57. The lowest BCUT2D eigenvalue weighted by Gasteiger charge is -2.37. The van der Waals surface area contributed by atoms with E-state index in [2.05, 4.69) is 20.9 Å². The lowest BCUT2D eigenvalue weighted by atomic mass is 9.95. The fourth-order valence-electron chi connectivity index (χ4n) is 4.84. The van der Waals surface area contributed by atoms with E-state index in [1.54, 1.807) is 6.92 Å². The lowest BCUT2D eigenvalue weighted by Crippen LogP contribution is -2.47. The molecule has 3 aliphatic heterocycles. The van der Waals surface area contributed by atoms with Crippen molar-refractivity contribution in [3.63, 3.8) is 0 Å². The number of alkyl halides is 1. The zero-order valence-electron chi connectivity index (χ0n) is 16.0. The van der Waals surface area contributed by atoms with Gasteiger partial charge in [0.1, 0.15) is 24.4 Å². The number of rotatable bonds is 4. The molecule has 1 aromatic heterocycles. The molecule has 152 valence electrons. The van der Waals surface area contributed by atoms with Gasteiger partial charge in [-0.05, 0) is 39.2 Å². The van der Waals surface area contributed by atoms with Gasteiger partial charge in [0, 0.05) is 26.1 Å². The molecule has 0 bridgehead atoms. The maximum Gasteiger partial charge on any atom is 0.319 e.